The van der Waals surface area contributed by atoms with Crippen molar-refractivity contribution in [3.8, 4) is 0 Å². The minimum Gasteiger partial charge on any atom is -0.359 e. The minimum absolute atomic E-state index is 0.170. The largest absolute Gasteiger partial charge is 0.359 e. The van der Waals surface area contributed by atoms with E-state index < -0.39 is 0 Å². The van der Waals surface area contributed by atoms with Crippen LogP contribution in [-0.2, 0) is 6.54 Å². The van der Waals surface area contributed by atoms with E-state index in [0.29, 0.717) is 11.3 Å². The van der Waals surface area contributed by atoms with Crippen LogP contribution in [0.3, 0.4) is 0 Å². The van der Waals surface area contributed by atoms with Crippen molar-refractivity contribution in [2.24, 2.45) is 0 Å². The second-order valence-corrected chi connectivity index (χ2v) is 4.39. The zero-order valence-corrected chi connectivity index (χ0v) is 10.9. The highest BCUT2D eigenvalue weighted by Crippen LogP contribution is 2.14. The van der Waals surface area contributed by atoms with Gasteiger partial charge in [0.2, 0.25) is 0 Å². The smallest absolute Gasteiger partial charge is 0.251 e. The zero-order valence-electron chi connectivity index (χ0n) is 9.41. The summed E-state index contributed by atoms with van der Waals surface area (Å²) in [6.45, 7) is 2.05. The average molecular weight is 286 g/mol. The van der Waals surface area contributed by atoms with E-state index in [2.05, 4.69) is 15.5 Å². The van der Waals surface area contributed by atoms with Gasteiger partial charge in [-0.1, -0.05) is 28.4 Å². The van der Waals surface area contributed by atoms with Gasteiger partial charge in [0.15, 0.2) is 5.76 Å². The molecule has 0 radical (unpaired) electrons. The third kappa shape index (κ3) is 3.21. The summed E-state index contributed by atoms with van der Waals surface area (Å²) < 4.78 is 4.97. The summed E-state index contributed by atoms with van der Waals surface area (Å²) in [7, 11) is 0. The van der Waals surface area contributed by atoms with Gasteiger partial charge in [0.05, 0.1) is 12.2 Å². The van der Waals surface area contributed by atoms with E-state index >= 15 is 0 Å². The number of hydrogen-bond acceptors (Lipinski definition) is 4. The molecule has 2 heterocycles. The van der Waals surface area contributed by atoms with Crippen LogP contribution in [0, 0.1) is 6.92 Å². The van der Waals surface area contributed by atoms with Crippen molar-refractivity contribution < 1.29 is 9.32 Å². The van der Waals surface area contributed by atoms with Crippen LogP contribution in [0.25, 0.3) is 0 Å². The fraction of sp³-hybridized carbons (Fsp3) is 0.182. The normalized spacial score (nSPS) is 10.4. The Bertz CT molecular complexity index is 563. The highest BCUT2D eigenvalue weighted by Gasteiger charge is 2.09. The lowest BCUT2D eigenvalue weighted by molar-refractivity contribution is 0.0947. The zero-order chi connectivity index (χ0) is 13.1. The van der Waals surface area contributed by atoms with Gasteiger partial charge in [0.1, 0.15) is 10.3 Å². The first-order valence-corrected chi connectivity index (χ1v) is 5.83. The van der Waals surface area contributed by atoms with E-state index in [1.54, 1.807) is 13.0 Å². The Balaban J connectivity index is 2.03. The van der Waals surface area contributed by atoms with Crippen LogP contribution in [0.5, 0.6) is 0 Å². The van der Waals surface area contributed by atoms with Gasteiger partial charge in [0.25, 0.3) is 5.91 Å². The van der Waals surface area contributed by atoms with Crippen molar-refractivity contribution >= 4 is 29.1 Å². The Hall–Kier alpha value is -1.59. The number of nitrogens with zero attached hydrogens (tertiary/aromatic N) is 2. The number of carbonyl (C=O) groups is 1. The molecule has 7 heteroatoms. The van der Waals surface area contributed by atoms with Crippen molar-refractivity contribution in [3.05, 3.63) is 45.5 Å². The molecule has 0 unspecified atom stereocenters. The molecular formula is C11H9Cl2N3O2. The van der Waals surface area contributed by atoms with Gasteiger partial charge in [-0.15, -0.1) is 0 Å². The van der Waals surface area contributed by atoms with Crippen LogP contribution in [0.15, 0.2) is 22.7 Å². The molecule has 0 bridgehead atoms. The molecule has 94 valence electrons. The van der Waals surface area contributed by atoms with E-state index in [0.717, 1.165) is 5.69 Å². The molecule has 5 nitrogen and oxygen atoms in total. The molecule has 1 N–H and O–H groups in total. The van der Waals surface area contributed by atoms with Crippen LogP contribution >= 0.6 is 23.2 Å². The van der Waals surface area contributed by atoms with Crippen LogP contribution in [0.2, 0.25) is 10.3 Å². The van der Waals surface area contributed by atoms with Gasteiger partial charge >= 0.3 is 0 Å². The number of hydrogen-bond donors (Lipinski definition) is 1. The van der Waals surface area contributed by atoms with Crippen molar-refractivity contribution in [2.75, 3.05) is 0 Å². The molecule has 0 spiro atoms. The lowest BCUT2D eigenvalue weighted by Gasteiger charge is -2.03. The monoisotopic (exact) mass is 285 g/mol. The standard InChI is InChI=1S/C11H9Cl2N3O2/c1-6-2-8(18-16-6)5-14-11(17)7-3-9(12)15-10(13)4-7/h2-4H,5H2,1H3,(H,14,17). The van der Waals surface area contributed by atoms with Gasteiger partial charge in [-0.25, -0.2) is 4.98 Å². The molecule has 0 saturated carbocycles. The topological polar surface area (TPSA) is 68.0 Å². The molecule has 0 saturated heterocycles. The van der Waals surface area contributed by atoms with Crippen LogP contribution in [-0.4, -0.2) is 16.0 Å². The Morgan fingerprint density at radius 2 is 2.00 bits per heavy atom. The van der Waals surface area contributed by atoms with E-state index in [9.17, 15) is 4.79 Å². The Labute approximate surface area is 113 Å². The lowest BCUT2D eigenvalue weighted by atomic mass is 10.2. The second kappa shape index (κ2) is 5.37. The lowest BCUT2D eigenvalue weighted by Crippen LogP contribution is -2.22. The molecule has 2 aromatic heterocycles. The van der Waals surface area contributed by atoms with Gasteiger partial charge in [-0.2, -0.15) is 0 Å². The quantitative estimate of drug-likeness (QED) is 0.881. The third-order valence-corrected chi connectivity index (χ3v) is 2.51. The number of carbonyl (C=O) groups excluding carboxylic acids is 1. The highest BCUT2D eigenvalue weighted by atomic mass is 35.5. The maximum absolute atomic E-state index is 11.8. The molecule has 0 atom stereocenters. The molecule has 2 aromatic rings. The molecule has 18 heavy (non-hydrogen) atoms. The molecule has 0 fully saturated rings. The predicted molar refractivity (Wildman–Crippen MR) is 66.7 cm³/mol. The van der Waals surface area contributed by atoms with E-state index in [1.165, 1.54) is 12.1 Å². The first kappa shape index (κ1) is 12.9. The van der Waals surface area contributed by atoms with Crippen LogP contribution in [0.1, 0.15) is 21.8 Å². The maximum Gasteiger partial charge on any atom is 0.251 e. The number of aromatic nitrogens is 2. The number of aryl methyl sites for hydroxylation is 1. The van der Waals surface area contributed by atoms with Crippen LogP contribution < -0.4 is 5.32 Å². The summed E-state index contributed by atoms with van der Waals surface area (Å²) >= 11 is 11.4. The Morgan fingerprint density at radius 3 is 2.56 bits per heavy atom. The summed E-state index contributed by atoms with van der Waals surface area (Å²) in [6, 6.07) is 4.62. The molecular weight excluding hydrogens is 277 g/mol. The summed E-state index contributed by atoms with van der Waals surface area (Å²) in [5, 5.41) is 6.72. The molecule has 2 rings (SSSR count). The van der Waals surface area contributed by atoms with Gasteiger partial charge in [0, 0.05) is 11.6 Å². The highest BCUT2D eigenvalue weighted by molar-refractivity contribution is 6.33. The van der Waals surface area contributed by atoms with Crippen molar-refractivity contribution in [3.63, 3.8) is 0 Å². The number of halogens is 2. The van der Waals surface area contributed by atoms with Crippen molar-refractivity contribution in [1.29, 1.82) is 0 Å². The molecule has 1 amide bonds. The van der Waals surface area contributed by atoms with E-state index in [1.807, 2.05) is 0 Å². The fourth-order valence-electron chi connectivity index (χ4n) is 1.37. The Morgan fingerprint density at radius 1 is 1.33 bits per heavy atom. The summed E-state index contributed by atoms with van der Waals surface area (Å²) in [4.78, 5) is 15.6. The van der Waals surface area contributed by atoms with E-state index in [4.69, 9.17) is 27.7 Å². The minimum atomic E-state index is -0.310. The van der Waals surface area contributed by atoms with Gasteiger partial charge < -0.3 is 9.84 Å². The van der Waals surface area contributed by atoms with Gasteiger partial charge in [-0.05, 0) is 19.1 Å². The predicted octanol–water partition coefficient (Wildman–Crippen LogP) is 2.61. The SMILES string of the molecule is Cc1cc(CNC(=O)c2cc(Cl)nc(Cl)c2)on1. The number of amides is 1. The molecule has 0 aromatic carbocycles. The molecule has 0 aliphatic carbocycles. The first-order chi connectivity index (χ1) is 8.54. The Kier molecular flexibility index (Phi) is 3.84. The fourth-order valence-corrected chi connectivity index (χ4v) is 1.83. The molecule has 0 aliphatic rings. The number of nitrogens with one attached hydrogen (secondary N) is 1. The van der Waals surface area contributed by atoms with Crippen molar-refractivity contribution in [2.45, 2.75) is 13.5 Å². The third-order valence-electron chi connectivity index (χ3n) is 2.12. The van der Waals surface area contributed by atoms with E-state index in [-0.39, 0.29) is 22.8 Å². The summed E-state index contributed by atoms with van der Waals surface area (Å²) in [5.41, 5.74) is 1.10. The summed E-state index contributed by atoms with van der Waals surface area (Å²) in [5.74, 6) is 0.266. The number of rotatable bonds is 3. The molecule has 0 aliphatic heterocycles. The number of pyridine rings is 1. The van der Waals surface area contributed by atoms with Crippen LogP contribution in [0.4, 0.5) is 0 Å². The summed E-state index contributed by atoms with van der Waals surface area (Å²) in [6.07, 6.45) is 0. The van der Waals surface area contributed by atoms with Crippen molar-refractivity contribution in [1.82, 2.24) is 15.5 Å². The first-order valence-electron chi connectivity index (χ1n) is 5.08. The van der Waals surface area contributed by atoms with Gasteiger partial charge in [-0.3, -0.25) is 4.79 Å². The maximum atomic E-state index is 11.8. The average Bonchev–Trinajstić information content (AvgIpc) is 2.70. The second-order valence-electron chi connectivity index (χ2n) is 3.62.